The van der Waals surface area contributed by atoms with Gasteiger partial charge in [-0.05, 0) is 42.3 Å². The number of rotatable bonds is 6. The molecule has 140 valence electrons. The molecule has 0 spiro atoms. The van der Waals surface area contributed by atoms with Gasteiger partial charge in [0.2, 0.25) is 0 Å². The highest BCUT2D eigenvalue weighted by atomic mass is 35.5. The molecule has 3 rings (SSSR count). The molecule has 0 fully saturated rings. The minimum Gasteiger partial charge on any atom is -0.494 e. The first-order valence-electron chi connectivity index (χ1n) is 8.73. The maximum atomic E-state index is 13.0. The van der Waals surface area contributed by atoms with E-state index in [1.165, 1.54) is 0 Å². The number of anilines is 2. The summed E-state index contributed by atoms with van der Waals surface area (Å²) in [6, 6.07) is 14.2. The van der Waals surface area contributed by atoms with Crippen LogP contribution in [0.15, 0.2) is 53.6 Å². The van der Waals surface area contributed by atoms with Gasteiger partial charge in [0.05, 0.1) is 17.9 Å². The van der Waals surface area contributed by atoms with Crippen molar-refractivity contribution in [3.8, 4) is 5.75 Å². The van der Waals surface area contributed by atoms with E-state index in [-0.39, 0.29) is 10.6 Å². The summed E-state index contributed by atoms with van der Waals surface area (Å²) in [5.41, 5.74) is 2.18. The summed E-state index contributed by atoms with van der Waals surface area (Å²) in [4.78, 5) is 28.7. The second kappa shape index (κ2) is 7.84. The quantitative estimate of drug-likeness (QED) is 0.704. The van der Waals surface area contributed by atoms with Gasteiger partial charge in [0.15, 0.2) is 0 Å². The molecule has 6 heteroatoms. The molecule has 27 heavy (non-hydrogen) atoms. The molecule has 0 aliphatic carbocycles. The lowest BCUT2D eigenvalue weighted by Crippen LogP contribution is -2.31. The fraction of sp³-hybridized carbons (Fsp3) is 0.238. The molecule has 0 bridgehead atoms. The molecule has 2 aromatic rings. The maximum Gasteiger partial charge on any atom is 0.277 e. The number of benzene rings is 2. The molecule has 1 aliphatic rings. The van der Waals surface area contributed by atoms with E-state index in [0.29, 0.717) is 23.6 Å². The molecule has 0 aromatic heterocycles. The van der Waals surface area contributed by atoms with Crippen molar-refractivity contribution in [2.75, 3.05) is 30.5 Å². The van der Waals surface area contributed by atoms with Gasteiger partial charge in [-0.2, -0.15) is 0 Å². The van der Waals surface area contributed by atoms with Gasteiger partial charge >= 0.3 is 0 Å². The van der Waals surface area contributed by atoms with Crippen molar-refractivity contribution < 1.29 is 14.3 Å². The fourth-order valence-corrected chi connectivity index (χ4v) is 3.11. The van der Waals surface area contributed by atoms with Gasteiger partial charge in [0, 0.05) is 19.8 Å². The van der Waals surface area contributed by atoms with E-state index in [1.54, 1.807) is 42.5 Å². The van der Waals surface area contributed by atoms with Crippen LogP contribution in [0.5, 0.6) is 5.75 Å². The average molecular weight is 385 g/mol. The first kappa shape index (κ1) is 19.0. The summed E-state index contributed by atoms with van der Waals surface area (Å²) in [7, 11) is 3.79. The molecule has 2 aromatic carbocycles. The number of hydrogen-bond acceptors (Lipinski definition) is 4. The molecule has 5 nitrogen and oxygen atoms in total. The molecule has 0 saturated heterocycles. The molecule has 0 N–H and O–H groups in total. The van der Waals surface area contributed by atoms with E-state index in [9.17, 15) is 9.59 Å². The molecule has 2 amide bonds. The number of ether oxygens (including phenoxy) is 1. The summed E-state index contributed by atoms with van der Waals surface area (Å²) in [6.07, 6.45) is 0.909. The Hall–Kier alpha value is -2.79. The summed E-state index contributed by atoms with van der Waals surface area (Å²) in [6.45, 7) is 2.65. The highest BCUT2D eigenvalue weighted by Crippen LogP contribution is 2.36. The van der Waals surface area contributed by atoms with Crippen LogP contribution in [0.4, 0.5) is 11.4 Å². The number of hydrogen-bond donors (Lipinski definition) is 0. The standard InChI is InChI=1S/C21H21ClN2O3/c1-4-12-27-17-10-8-14(9-11-17)18-19(22)21(26)24(20(18)25)16-7-5-6-15(13-16)23(2)3/h5-11,13H,4,12H2,1-3H3. The van der Waals surface area contributed by atoms with Crippen molar-refractivity contribution in [1.82, 2.24) is 0 Å². The first-order valence-corrected chi connectivity index (χ1v) is 9.11. The van der Waals surface area contributed by atoms with Crippen molar-refractivity contribution in [1.29, 1.82) is 0 Å². The topological polar surface area (TPSA) is 49.9 Å². The fourth-order valence-electron chi connectivity index (χ4n) is 2.84. The lowest BCUT2D eigenvalue weighted by Gasteiger charge is -2.18. The van der Waals surface area contributed by atoms with Crippen LogP contribution in [0.2, 0.25) is 0 Å². The van der Waals surface area contributed by atoms with Gasteiger partial charge in [0.1, 0.15) is 10.8 Å². The zero-order chi connectivity index (χ0) is 19.6. The zero-order valence-corrected chi connectivity index (χ0v) is 16.3. The highest BCUT2D eigenvalue weighted by molar-refractivity contribution is 6.60. The number of amides is 2. The predicted octanol–water partition coefficient (Wildman–Crippen LogP) is 4.06. The third-order valence-electron chi connectivity index (χ3n) is 4.25. The minimum absolute atomic E-state index is 0.0718. The van der Waals surface area contributed by atoms with Crippen LogP contribution in [0.1, 0.15) is 18.9 Å². The molecule has 0 unspecified atom stereocenters. The summed E-state index contributed by atoms with van der Waals surface area (Å²) < 4.78 is 5.56. The van der Waals surface area contributed by atoms with E-state index >= 15 is 0 Å². The zero-order valence-electron chi connectivity index (χ0n) is 15.5. The Balaban J connectivity index is 1.91. The normalized spacial score (nSPS) is 14.1. The second-order valence-electron chi connectivity index (χ2n) is 6.42. The molecule has 1 heterocycles. The number of halogens is 1. The van der Waals surface area contributed by atoms with Crippen LogP contribution < -0.4 is 14.5 Å². The van der Waals surface area contributed by atoms with E-state index < -0.39 is 11.8 Å². The Labute approximate surface area is 163 Å². The predicted molar refractivity (Wildman–Crippen MR) is 108 cm³/mol. The third kappa shape index (κ3) is 3.69. The van der Waals surface area contributed by atoms with Crippen molar-refractivity contribution in [2.45, 2.75) is 13.3 Å². The van der Waals surface area contributed by atoms with E-state index in [0.717, 1.165) is 17.0 Å². The van der Waals surface area contributed by atoms with Crippen molar-refractivity contribution in [3.05, 3.63) is 59.1 Å². The van der Waals surface area contributed by atoms with Gasteiger partial charge < -0.3 is 9.64 Å². The van der Waals surface area contributed by atoms with Crippen molar-refractivity contribution in [2.24, 2.45) is 0 Å². The number of carbonyl (C=O) groups is 2. The average Bonchev–Trinajstić information content (AvgIpc) is 2.89. The third-order valence-corrected chi connectivity index (χ3v) is 4.60. The van der Waals surface area contributed by atoms with Crippen LogP contribution in [-0.2, 0) is 9.59 Å². The van der Waals surface area contributed by atoms with Crippen molar-refractivity contribution in [3.63, 3.8) is 0 Å². The summed E-state index contributed by atoms with van der Waals surface area (Å²) in [5.74, 6) is -0.230. The number of carbonyl (C=O) groups excluding carboxylic acids is 2. The Morgan fingerprint density at radius 2 is 1.74 bits per heavy atom. The minimum atomic E-state index is -0.515. The Morgan fingerprint density at radius 1 is 1.04 bits per heavy atom. The SMILES string of the molecule is CCCOc1ccc(C2=C(Cl)C(=O)N(c3cccc(N(C)C)c3)C2=O)cc1. The monoisotopic (exact) mass is 384 g/mol. The van der Waals surface area contributed by atoms with Crippen LogP contribution in [0.25, 0.3) is 5.57 Å². The smallest absolute Gasteiger partial charge is 0.277 e. The van der Waals surface area contributed by atoms with Gasteiger partial charge in [-0.15, -0.1) is 0 Å². The lowest BCUT2D eigenvalue weighted by molar-refractivity contribution is -0.119. The molecule has 0 atom stereocenters. The van der Waals surface area contributed by atoms with Crippen LogP contribution in [0.3, 0.4) is 0 Å². The second-order valence-corrected chi connectivity index (χ2v) is 6.80. The van der Waals surface area contributed by atoms with Gasteiger partial charge in [-0.3, -0.25) is 9.59 Å². The Bertz CT molecular complexity index is 904. The Kier molecular flexibility index (Phi) is 5.51. The number of imide groups is 1. The summed E-state index contributed by atoms with van der Waals surface area (Å²) >= 11 is 6.25. The van der Waals surface area contributed by atoms with Crippen LogP contribution in [-0.4, -0.2) is 32.5 Å². The molecular weight excluding hydrogens is 364 g/mol. The van der Waals surface area contributed by atoms with E-state index in [1.807, 2.05) is 32.0 Å². The van der Waals surface area contributed by atoms with Crippen LogP contribution >= 0.6 is 11.6 Å². The molecule has 0 radical (unpaired) electrons. The maximum absolute atomic E-state index is 13.0. The summed E-state index contributed by atoms with van der Waals surface area (Å²) in [5, 5.41) is -0.0718. The molecular formula is C21H21ClN2O3. The highest BCUT2D eigenvalue weighted by Gasteiger charge is 2.39. The van der Waals surface area contributed by atoms with Gasteiger partial charge in [-0.1, -0.05) is 36.7 Å². The lowest BCUT2D eigenvalue weighted by atomic mass is 10.1. The van der Waals surface area contributed by atoms with Gasteiger partial charge in [0.25, 0.3) is 11.8 Å². The largest absolute Gasteiger partial charge is 0.494 e. The van der Waals surface area contributed by atoms with Crippen LogP contribution in [0, 0.1) is 0 Å². The van der Waals surface area contributed by atoms with Gasteiger partial charge in [-0.25, -0.2) is 4.90 Å². The van der Waals surface area contributed by atoms with E-state index in [2.05, 4.69) is 0 Å². The molecule has 0 saturated carbocycles. The first-order chi connectivity index (χ1) is 12.9. The van der Waals surface area contributed by atoms with E-state index in [4.69, 9.17) is 16.3 Å². The Morgan fingerprint density at radius 3 is 2.37 bits per heavy atom. The molecule has 1 aliphatic heterocycles. The number of nitrogens with zero attached hydrogens (tertiary/aromatic N) is 2. The van der Waals surface area contributed by atoms with Crippen molar-refractivity contribution >= 4 is 40.4 Å².